The summed E-state index contributed by atoms with van der Waals surface area (Å²) in [7, 11) is 0. The van der Waals surface area contributed by atoms with Gasteiger partial charge >= 0.3 is 0 Å². The first-order valence-electron chi connectivity index (χ1n) is 25.8. The quantitative estimate of drug-likeness (QED) is 0.0563. The van der Waals surface area contributed by atoms with Gasteiger partial charge in [0.2, 0.25) is 17.7 Å². The largest absolute Gasteiger partial charge is 0.391 e. The van der Waals surface area contributed by atoms with Crippen LogP contribution in [-0.2, 0) is 39.9 Å². The fourth-order valence-electron chi connectivity index (χ4n) is 9.39. The maximum atomic E-state index is 15.8. The predicted molar refractivity (Wildman–Crippen MR) is 289 cm³/mol. The number of pyridine rings is 2. The van der Waals surface area contributed by atoms with Gasteiger partial charge in [-0.25, -0.2) is 24.3 Å². The molecule has 1 unspecified atom stereocenters. The summed E-state index contributed by atoms with van der Waals surface area (Å²) in [6.45, 7) is 16.3. The van der Waals surface area contributed by atoms with E-state index in [1.54, 1.807) is 29.7 Å². The Morgan fingerprint density at radius 3 is 2.20 bits per heavy atom. The van der Waals surface area contributed by atoms with Crippen LogP contribution in [0.4, 0.5) is 15.9 Å². The Balaban J connectivity index is 0.654. The number of carbonyl (C=O) groups excluding carboxylic acids is 3. The standard InChI is InChI=1S/C55H70FN11O8S/c1-36-50(76-35-60-36)39-8-6-38(7-9-39)33-59-53(70)47-32-42(68)34-66(47)54(71)51(55(3,4)5)63-49(69)15-22-72-24-26-74-28-29-75-27-25-73-23-21-64-17-19-65(20-18-64)46-13-10-41(31-43(46)56)67-37(2)61-45-12-11-44(62-52(45)67)40-14-16-58-48(57)30-40/h6-14,16,30-31,35,42,47,51,68H,15,17-29,32-34H2,1-5H3,(H2,57,58)(H,59,70)(H,63,69)/t42-,47+,51?/m1/s1. The fourth-order valence-corrected chi connectivity index (χ4v) is 10.2. The van der Waals surface area contributed by atoms with Crippen molar-refractivity contribution in [3.05, 3.63) is 101 Å². The summed E-state index contributed by atoms with van der Waals surface area (Å²) < 4.78 is 40.3. The molecule has 2 saturated heterocycles. The number of aliphatic hydroxyl groups is 1. The Morgan fingerprint density at radius 2 is 1.54 bits per heavy atom. The van der Waals surface area contributed by atoms with Crippen molar-refractivity contribution in [2.45, 2.75) is 72.2 Å². The first kappa shape index (κ1) is 55.8. The number of rotatable bonds is 24. The smallest absolute Gasteiger partial charge is 0.246 e. The molecule has 5 N–H and O–H groups in total. The number of aryl methyl sites for hydroxylation is 2. The van der Waals surface area contributed by atoms with Crippen molar-refractivity contribution in [3.8, 4) is 27.4 Å². The maximum Gasteiger partial charge on any atom is 0.246 e. The number of fused-ring (bicyclic) bond motifs is 1. The van der Waals surface area contributed by atoms with Crippen molar-refractivity contribution in [3.63, 3.8) is 0 Å². The number of hydrogen-bond donors (Lipinski definition) is 4. The number of nitrogens with two attached hydrogens (primary N) is 1. The third-order valence-corrected chi connectivity index (χ3v) is 14.5. The summed E-state index contributed by atoms with van der Waals surface area (Å²) in [5.41, 5.74) is 14.1. The van der Waals surface area contributed by atoms with Crippen LogP contribution >= 0.6 is 11.3 Å². The number of aliphatic hydroxyl groups excluding tert-OH is 1. The number of anilines is 2. The van der Waals surface area contributed by atoms with Crippen LogP contribution in [0.25, 0.3) is 38.5 Å². The monoisotopic (exact) mass is 1060 g/mol. The second kappa shape index (κ2) is 26.1. The summed E-state index contributed by atoms with van der Waals surface area (Å²) in [5.74, 6) is -0.339. The number of likely N-dealkylation sites (tertiary alicyclic amines) is 1. The number of nitrogen functional groups attached to an aromatic ring is 1. The minimum absolute atomic E-state index is 0.00624. The zero-order valence-electron chi connectivity index (χ0n) is 44.0. The molecular formula is C55H70FN11O8S. The van der Waals surface area contributed by atoms with Crippen molar-refractivity contribution in [2.24, 2.45) is 5.41 Å². The molecule has 0 saturated carbocycles. The van der Waals surface area contributed by atoms with Crippen molar-refractivity contribution < 1.29 is 42.8 Å². The van der Waals surface area contributed by atoms with Crippen LogP contribution in [0, 0.1) is 25.1 Å². The molecule has 21 heteroatoms. The predicted octanol–water partition coefficient (Wildman–Crippen LogP) is 5.33. The molecule has 2 aliphatic rings. The Bertz CT molecular complexity index is 2910. The van der Waals surface area contributed by atoms with E-state index in [2.05, 4.69) is 35.4 Å². The molecule has 0 bridgehead atoms. The molecule has 2 aromatic carbocycles. The van der Waals surface area contributed by atoms with Gasteiger partial charge in [0.25, 0.3) is 0 Å². The number of halogens is 1. The summed E-state index contributed by atoms with van der Waals surface area (Å²) in [6, 6.07) is 18.8. The van der Waals surface area contributed by atoms with E-state index in [1.807, 2.05) is 99.3 Å². The number of ether oxygens (including phenoxy) is 4. The molecule has 0 aliphatic carbocycles. The van der Waals surface area contributed by atoms with Gasteiger partial charge < -0.3 is 50.2 Å². The van der Waals surface area contributed by atoms with E-state index >= 15 is 4.39 Å². The van der Waals surface area contributed by atoms with E-state index in [1.165, 1.54) is 4.90 Å². The minimum Gasteiger partial charge on any atom is -0.391 e. The highest BCUT2D eigenvalue weighted by atomic mass is 32.1. The van der Waals surface area contributed by atoms with Crippen LogP contribution in [0.3, 0.4) is 0 Å². The summed E-state index contributed by atoms with van der Waals surface area (Å²) in [4.78, 5) is 65.3. The lowest BCUT2D eigenvalue weighted by Gasteiger charge is -2.36. The minimum atomic E-state index is -0.931. The molecular weight excluding hydrogens is 994 g/mol. The second-order valence-corrected chi connectivity index (χ2v) is 21.0. The Morgan fingerprint density at radius 1 is 0.842 bits per heavy atom. The molecule has 2 fully saturated rings. The SMILES string of the molecule is Cc1ncsc1-c1ccc(CNC(=O)[C@@H]2C[C@@H](O)CN2C(=O)C(NC(=O)CCOCCOCCOCCOCCN2CCN(c3ccc(-n4c(C)nc5ccc(-c6ccnc(N)c6)nc54)cc3F)CC2)C(C)(C)C)cc1. The van der Waals surface area contributed by atoms with E-state index in [4.69, 9.17) is 29.7 Å². The number of benzene rings is 2. The van der Waals surface area contributed by atoms with Crippen molar-refractivity contribution in [1.82, 2.24) is 44.9 Å². The van der Waals surface area contributed by atoms with E-state index in [-0.39, 0.29) is 56.8 Å². The topological polar surface area (TPSA) is 225 Å². The summed E-state index contributed by atoms with van der Waals surface area (Å²) >= 11 is 1.57. The molecule has 3 amide bonds. The zero-order valence-corrected chi connectivity index (χ0v) is 44.8. The van der Waals surface area contributed by atoms with Crippen molar-refractivity contribution >= 4 is 51.7 Å². The van der Waals surface area contributed by atoms with Gasteiger partial charge in [-0.3, -0.25) is 23.9 Å². The Kier molecular flexibility index (Phi) is 19.1. The first-order chi connectivity index (χ1) is 36.6. The molecule has 0 spiro atoms. The molecule has 2 aliphatic heterocycles. The van der Waals surface area contributed by atoms with Gasteiger partial charge in [0.1, 0.15) is 35.1 Å². The highest BCUT2D eigenvalue weighted by Crippen LogP contribution is 2.31. The first-order valence-corrected chi connectivity index (χ1v) is 26.7. The van der Waals surface area contributed by atoms with E-state index in [9.17, 15) is 19.5 Å². The zero-order chi connectivity index (χ0) is 53.8. The van der Waals surface area contributed by atoms with Gasteiger partial charge in [-0.05, 0) is 66.8 Å². The summed E-state index contributed by atoms with van der Waals surface area (Å²) in [6.07, 6.45) is 0.911. The fraction of sp³-hybridized carbons (Fsp3) is 0.473. The van der Waals surface area contributed by atoms with Crippen LogP contribution in [0.15, 0.2) is 78.4 Å². The molecule has 6 heterocycles. The maximum absolute atomic E-state index is 15.8. The molecule has 8 rings (SSSR count). The average Bonchev–Trinajstić information content (AvgIpc) is 4.17. The lowest BCUT2D eigenvalue weighted by Crippen LogP contribution is -2.57. The molecule has 0 radical (unpaired) electrons. The van der Waals surface area contributed by atoms with Crippen LogP contribution in [-0.4, -0.2) is 167 Å². The molecule has 406 valence electrons. The van der Waals surface area contributed by atoms with Gasteiger partial charge in [0.05, 0.1) is 92.1 Å². The third-order valence-electron chi connectivity index (χ3n) is 13.5. The van der Waals surface area contributed by atoms with Crippen LogP contribution in [0.5, 0.6) is 0 Å². The number of carbonyl (C=O) groups is 3. The summed E-state index contributed by atoms with van der Waals surface area (Å²) in [5, 5.41) is 16.4. The van der Waals surface area contributed by atoms with E-state index in [0.717, 1.165) is 52.6 Å². The van der Waals surface area contributed by atoms with Gasteiger partial charge in [0.15, 0.2) is 5.65 Å². The second-order valence-electron chi connectivity index (χ2n) is 20.1. The highest BCUT2D eigenvalue weighted by molar-refractivity contribution is 7.13. The van der Waals surface area contributed by atoms with Gasteiger partial charge in [-0.1, -0.05) is 45.0 Å². The number of thiazole rings is 1. The average molecular weight is 1060 g/mol. The Labute approximate surface area is 446 Å². The Hall–Kier alpha value is -6.46. The van der Waals surface area contributed by atoms with E-state index < -0.39 is 29.5 Å². The molecule has 76 heavy (non-hydrogen) atoms. The lowest BCUT2D eigenvalue weighted by atomic mass is 9.85. The highest BCUT2D eigenvalue weighted by Gasteiger charge is 2.44. The molecule has 4 aromatic heterocycles. The lowest BCUT2D eigenvalue weighted by molar-refractivity contribution is -0.144. The van der Waals surface area contributed by atoms with Gasteiger partial charge in [-0.2, -0.15) is 0 Å². The number of imidazole rings is 1. The van der Waals surface area contributed by atoms with E-state index in [0.29, 0.717) is 86.9 Å². The van der Waals surface area contributed by atoms with Crippen LogP contribution in [0.2, 0.25) is 0 Å². The normalized spacial score (nSPS) is 16.6. The number of amides is 3. The molecule has 19 nitrogen and oxygen atoms in total. The number of β-amino-alcohol motifs (C(OH)–C–C–N with tert-alkyl or cyclic N) is 1. The number of piperazine rings is 1. The number of hydrogen-bond acceptors (Lipinski definition) is 16. The van der Waals surface area contributed by atoms with Gasteiger partial charge in [0, 0.05) is 76.5 Å². The third kappa shape index (κ3) is 14.5. The van der Waals surface area contributed by atoms with Crippen molar-refractivity contribution in [1.29, 1.82) is 0 Å². The van der Waals surface area contributed by atoms with Crippen molar-refractivity contribution in [2.75, 3.05) is 103 Å². The number of nitrogens with zero attached hydrogens (tertiary/aromatic N) is 8. The molecule has 6 aromatic rings. The number of aromatic nitrogens is 5. The molecule has 3 atom stereocenters. The van der Waals surface area contributed by atoms with Crippen LogP contribution < -0.4 is 21.3 Å². The van der Waals surface area contributed by atoms with Crippen LogP contribution in [0.1, 0.15) is 50.7 Å². The van der Waals surface area contributed by atoms with Gasteiger partial charge in [-0.15, -0.1) is 11.3 Å². The number of nitrogens with one attached hydrogen (secondary N) is 2.